The van der Waals surface area contributed by atoms with E-state index in [1.54, 1.807) is 11.3 Å². The standard InChI is InChI=1S/C11H16BrNS3/c1-7-11(16-5-4-14-7)9(13)6-10-8(12)2-3-15-10/h2-3,7,9,11H,4-6,13H2,1H3. The Morgan fingerprint density at radius 1 is 1.50 bits per heavy atom. The Hall–Kier alpha value is 0.840. The van der Waals surface area contributed by atoms with Crippen molar-refractivity contribution in [2.24, 2.45) is 5.73 Å². The van der Waals surface area contributed by atoms with Crippen LogP contribution in [0.5, 0.6) is 0 Å². The van der Waals surface area contributed by atoms with Crippen LogP contribution >= 0.6 is 50.8 Å². The Bertz CT molecular complexity index is 342. The summed E-state index contributed by atoms with van der Waals surface area (Å²) in [6.45, 7) is 2.31. The van der Waals surface area contributed by atoms with Gasteiger partial charge in [-0.25, -0.2) is 0 Å². The minimum atomic E-state index is 0.280. The molecule has 1 aromatic heterocycles. The summed E-state index contributed by atoms with van der Waals surface area (Å²) in [5.41, 5.74) is 6.35. The molecule has 3 unspecified atom stereocenters. The van der Waals surface area contributed by atoms with E-state index in [1.807, 2.05) is 0 Å². The van der Waals surface area contributed by atoms with Gasteiger partial charge in [0, 0.05) is 37.4 Å². The fourth-order valence-electron chi connectivity index (χ4n) is 1.92. The van der Waals surface area contributed by atoms with Gasteiger partial charge in [-0.1, -0.05) is 6.92 Å². The molecule has 0 amide bonds. The summed E-state index contributed by atoms with van der Waals surface area (Å²) in [5, 5.41) is 3.42. The van der Waals surface area contributed by atoms with Crippen LogP contribution in [-0.2, 0) is 6.42 Å². The van der Waals surface area contributed by atoms with Crippen molar-refractivity contribution in [2.75, 3.05) is 11.5 Å². The first-order chi connectivity index (χ1) is 7.68. The van der Waals surface area contributed by atoms with Gasteiger partial charge >= 0.3 is 0 Å². The molecule has 1 aliphatic heterocycles. The normalized spacial score (nSPS) is 27.9. The first kappa shape index (κ1) is 13.3. The van der Waals surface area contributed by atoms with E-state index < -0.39 is 0 Å². The lowest BCUT2D eigenvalue weighted by atomic mass is 10.1. The van der Waals surface area contributed by atoms with Crippen LogP contribution in [0.25, 0.3) is 0 Å². The zero-order valence-corrected chi connectivity index (χ0v) is 13.2. The summed E-state index contributed by atoms with van der Waals surface area (Å²) < 4.78 is 1.22. The van der Waals surface area contributed by atoms with E-state index in [0.717, 1.165) is 6.42 Å². The maximum absolute atomic E-state index is 6.35. The quantitative estimate of drug-likeness (QED) is 0.912. The highest BCUT2D eigenvalue weighted by Gasteiger charge is 2.28. The van der Waals surface area contributed by atoms with Crippen LogP contribution in [0.15, 0.2) is 15.9 Å². The summed E-state index contributed by atoms with van der Waals surface area (Å²) in [6.07, 6.45) is 1.00. The average Bonchev–Trinajstić information content (AvgIpc) is 2.65. The van der Waals surface area contributed by atoms with Crippen LogP contribution < -0.4 is 5.73 Å². The number of hydrogen-bond donors (Lipinski definition) is 1. The number of hydrogen-bond acceptors (Lipinski definition) is 4. The predicted octanol–water partition coefficient (Wildman–Crippen LogP) is 3.62. The Kier molecular flexibility index (Phi) is 5.09. The minimum Gasteiger partial charge on any atom is -0.326 e. The van der Waals surface area contributed by atoms with Crippen LogP contribution in [0.2, 0.25) is 0 Å². The summed E-state index contributed by atoms with van der Waals surface area (Å²) >= 11 is 9.49. The second-order valence-electron chi connectivity index (χ2n) is 3.97. The van der Waals surface area contributed by atoms with Gasteiger partial charge in [0.15, 0.2) is 0 Å². The van der Waals surface area contributed by atoms with Gasteiger partial charge in [-0.3, -0.25) is 0 Å². The molecule has 1 fully saturated rings. The van der Waals surface area contributed by atoms with Gasteiger partial charge in [-0.2, -0.15) is 23.5 Å². The molecule has 0 bridgehead atoms. The molecular weight excluding hydrogens is 322 g/mol. The van der Waals surface area contributed by atoms with Gasteiger partial charge < -0.3 is 5.73 Å². The van der Waals surface area contributed by atoms with Crippen molar-refractivity contribution in [2.45, 2.75) is 29.9 Å². The van der Waals surface area contributed by atoms with E-state index in [2.05, 4.69) is 57.8 Å². The highest BCUT2D eigenvalue weighted by Crippen LogP contribution is 2.34. The van der Waals surface area contributed by atoms with Crippen LogP contribution in [0.1, 0.15) is 11.8 Å². The SMILES string of the molecule is CC1SCCSC1C(N)Cc1sccc1Br. The molecule has 0 aromatic carbocycles. The van der Waals surface area contributed by atoms with Crippen molar-refractivity contribution in [3.8, 4) is 0 Å². The molecule has 1 nitrogen and oxygen atoms in total. The molecule has 16 heavy (non-hydrogen) atoms. The van der Waals surface area contributed by atoms with Crippen molar-refractivity contribution >= 4 is 50.8 Å². The number of nitrogens with two attached hydrogens (primary N) is 1. The maximum atomic E-state index is 6.35. The first-order valence-corrected chi connectivity index (χ1v) is 9.16. The van der Waals surface area contributed by atoms with E-state index in [-0.39, 0.29) is 6.04 Å². The highest BCUT2D eigenvalue weighted by molar-refractivity contribution is 9.10. The van der Waals surface area contributed by atoms with Gasteiger partial charge in [0.25, 0.3) is 0 Å². The topological polar surface area (TPSA) is 26.0 Å². The predicted molar refractivity (Wildman–Crippen MR) is 81.9 cm³/mol. The smallest absolute Gasteiger partial charge is 0.0318 e. The van der Waals surface area contributed by atoms with E-state index >= 15 is 0 Å². The van der Waals surface area contributed by atoms with Crippen molar-refractivity contribution in [3.63, 3.8) is 0 Å². The zero-order valence-electron chi connectivity index (χ0n) is 9.19. The minimum absolute atomic E-state index is 0.280. The summed E-state index contributed by atoms with van der Waals surface area (Å²) in [6, 6.07) is 2.39. The van der Waals surface area contributed by atoms with E-state index in [0.29, 0.717) is 10.5 Å². The molecule has 0 saturated carbocycles. The first-order valence-electron chi connectivity index (χ1n) is 5.39. The second kappa shape index (κ2) is 6.14. The second-order valence-corrected chi connectivity index (χ2v) is 8.60. The molecule has 2 heterocycles. The molecule has 1 aromatic rings. The van der Waals surface area contributed by atoms with Crippen molar-refractivity contribution in [1.29, 1.82) is 0 Å². The lowest BCUT2D eigenvalue weighted by molar-refractivity contribution is 0.626. The van der Waals surface area contributed by atoms with E-state index in [9.17, 15) is 0 Å². The van der Waals surface area contributed by atoms with E-state index in [1.165, 1.54) is 20.9 Å². The van der Waals surface area contributed by atoms with Crippen molar-refractivity contribution in [3.05, 3.63) is 20.8 Å². The molecule has 3 atom stereocenters. The lowest BCUT2D eigenvalue weighted by Gasteiger charge is -2.32. The molecule has 0 aliphatic carbocycles. The Morgan fingerprint density at radius 2 is 2.25 bits per heavy atom. The monoisotopic (exact) mass is 337 g/mol. The van der Waals surface area contributed by atoms with Crippen molar-refractivity contribution in [1.82, 2.24) is 0 Å². The van der Waals surface area contributed by atoms with Gasteiger partial charge in [-0.15, -0.1) is 11.3 Å². The Morgan fingerprint density at radius 3 is 2.88 bits per heavy atom. The maximum Gasteiger partial charge on any atom is 0.0318 e. The molecule has 2 rings (SSSR count). The number of thioether (sulfide) groups is 2. The molecular formula is C11H16BrNS3. The molecule has 0 spiro atoms. The van der Waals surface area contributed by atoms with Gasteiger partial charge in [0.1, 0.15) is 0 Å². The van der Waals surface area contributed by atoms with Crippen LogP contribution in [0, 0.1) is 0 Å². The molecule has 90 valence electrons. The average molecular weight is 338 g/mol. The zero-order chi connectivity index (χ0) is 11.5. The van der Waals surface area contributed by atoms with Gasteiger partial charge in [0.05, 0.1) is 0 Å². The van der Waals surface area contributed by atoms with Crippen LogP contribution in [0.3, 0.4) is 0 Å². The third-order valence-corrected chi connectivity index (χ3v) is 7.99. The fourth-order valence-corrected chi connectivity index (χ4v) is 6.40. The molecule has 0 radical (unpaired) electrons. The third-order valence-electron chi connectivity index (χ3n) is 2.77. The van der Waals surface area contributed by atoms with E-state index in [4.69, 9.17) is 5.73 Å². The summed E-state index contributed by atoms with van der Waals surface area (Å²) in [5.74, 6) is 2.52. The lowest BCUT2D eigenvalue weighted by Crippen LogP contribution is -2.42. The molecule has 1 aliphatic rings. The van der Waals surface area contributed by atoms with Crippen LogP contribution in [0.4, 0.5) is 0 Å². The Labute approximate surface area is 118 Å². The summed E-state index contributed by atoms with van der Waals surface area (Å²) in [7, 11) is 0. The molecule has 5 heteroatoms. The number of thiophene rings is 1. The van der Waals surface area contributed by atoms with Crippen LogP contribution in [-0.4, -0.2) is 28.0 Å². The summed E-state index contributed by atoms with van der Waals surface area (Å²) in [4.78, 5) is 1.39. The largest absolute Gasteiger partial charge is 0.326 e. The number of rotatable bonds is 3. The Balaban J connectivity index is 1.96. The van der Waals surface area contributed by atoms with Crippen molar-refractivity contribution < 1.29 is 0 Å². The fraction of sp³-hybridized carbons (Fsp3) is 0.636. The number of halogens is 1. The van der Waals surface area contributed by atoms with Gasteiger partial charge in [-0.05, 0) is 33.8 Å². The third kappa shape index (κ3) is 3.19. The van der Waals surface area contributed by atoms with Gasteiger partial charge in [0.2, 0.25) is 0 Å². The molecule has 1 saturated heterocycles. The molecule has 2 N–H and O–H groups in total. The highest BCUT2D eigenvalue weighted by atomic mass is 79.9.